The lowest BCUT2D eigenvalue weighted by atomic mass is 10.00. The molecule has 2 aliphatic carbocycles. The largest absolute Gasteiger partial charge is 0.428 e. The fourth-order valence-electron chi connectivity index (χ4n) is 1.56. The highest BCUT2D eigenvalue weighted by Crippen LogP contribution is 2.23. The minimum atomic E-state index is -0.120. The van der Waals surface area contributed by atoms with Gasteiger partial charge in [0.2, 0.25) is 0 Å². The molecule has 0 saturated carbocycles. The molecule has 0 N–H and O–H groups in total. The van der Waals surface area contributed by atoms with Crippen LogP contribution in [0.2, 0.25) is 0 Å². The molecule has 0 saturated heterocycles. The van der Waals surface area contributed by atoms with E-state index in [1.165, 1.54) is 6.42 Å². The summed E-state index contributed by atoms with van der Waals surface area (Å²) in [6.07, 6.45) is 10.2. The Morgan fingerprint density at radius 2 is 2.00 bits per heavy atom. The zero-order valence-corrected chi connectivity index (χ0v) is 7.71. The van der Waals surface area contributed by atoms with E-state index in [1.807, 2.05) is 12.2 Å². The molecule has 0 spiro atoms. The lowest BCUT2D eigenvalue weighted by molar-refractivity contribution is -0.135. The molecule has 0 atom stereocenters. The highest BCUT2D eigenvalue weighted by molar-refractivity contribution is 5.89. The number of ether oxygens (including phenoxy) is 1. The Balaban J connectivity index is 1.91. The average molecular weight is 178 g/mol. The maximum Gasteiger partial charge on any atom is 0.338 e. The molecule has 0 radical (unpaired) electrons. The van der Waals surface area contributed by atoms with Crippen LogP contribution in [0.5, 0.6) is 0 Å². The first-order valence-corrected chi connectivity index (χ1v) is 4.96. The summed E-state index contributed by atoms with van der Waals surface area (Å²) in [5, 5.41) is 0. The van der Waals surface area contributed by atoms with Crippen molar-refractivity contribution in [3.63, 3.8) is 0 Å². The fraction of sp³-hybridized carbons (Fsp3) is 0.545. The maximum absolute atomic E-state index is 11.5. The van der Waals surface area contributed by atoms with Gasteiger partial charge in [-0.1, -0.05) is 6.08 Å². The zero-order valence-electron chi connectivity index (χ0n) is 7.71. The van der Waals surface area contributed by atoms with Crippen LogP contribution >= 0.6 is 0 Å². The van der Waals surface area contributed by atoms with E-state index in [-0.39, 0.29) is 5.97 Å². The molecular weight excluding hydrogens is 164 g/mol. The molecule has 2 aliphatic rings. The summed E-state index contributed by atoms with van der Waals surface area (Å²) in [5.74, 6) is 0.738. The molecule has 0 bridgehead atoms. The molecule has 13 heavy (non-hydrogen) atoms. The highest BCUT2D eigenvalue weighted by atomic mass is 16.5. The monoisotopic (exact) mass is 178 g/mol. The fourth-order valence-corrected chi connectivity index (χ4v) is 1.56. The number of allylic oxidation sites excluding steroid dienone is 3. The van der Waals surface area contributed by atoms with Gasteiger partial charge in [-0.3, -0.25) is 0 Å². The van der Waals surface area contributed by atoms with Gasteiger partial charge in [-0.25, -0.2) is 4.79 Å². The van der Waals surface area contributed by atoms with E-state index in [4.69, 9.17) is 4.74 Å². The van der Waals surface area contributed by atoms with Gasteiger partial charge in [0.25, 0.3) is 0 Å². The van der Waals surface area contributed by atoms with Crippen molar-refractivity contribution in [1.29, 1.82) is 0 Å². The van der Waals surface area contributed by atoms with Gasteiger partial charge in [-0.2, -0.15) is 0 Å². The third-order valence-electron chi connectivity index (χ3n) is 2.54. The molecule has 0 aromatic rings. The van der Waals surface area contributed by atoms with Gasteiger partial charge in [-0.05, 0) is 38.2 Å². The molecular formula is C11H14O2. The second-order valence-corrected chi connectivity index (χ2v) is 3.57. The Kier molecular flexibility index (Phi) is 2.48. The van der Waals surface area contributed by atoms with Gasteiger partial charge in [0, 0.05) is 12.0 Å². The molecule has 0 heterocycles. The average Bonchev–Trinajstić information content (AvgIpc) is 2.12. The number of carbonyl (C=O) groups excluding carboxylic acids is 1. The Bertz CT molecular complexity index is 274. The summed E-state index contributed by atoms with van der Waals surface area (Å²) in [4.78, 5) is 11.5. The highest BCUT2D eigenvalue weighted by Gasteiger charge is 2.17. The van der Waals surface area contributed by atoms with E-state index in [2.05, 4.69) is 0 Å². The van der Waals surface area contributed by atoms with Gasteiger partial charge >= 0.3 is 5.97 Å². The van der Waals surface area contributed by atoms with Crippen molar-refractivity contribution in [3.8, 4) is 0 Å². The van der Waals surface area contributed by atoms with E-state index < -0.39 is 0 Å². The van der Waals surface area contributed by atoms with Crippen LogP contribution in [-0.4, -0.2) is 5.97 Å². The van der Waals surface area contributed by atoms with E-state index >= 15 is 0 Å². The van der Waals surface area contributed by atoms with Crippen molar-refractivity contribution in [2.45, 2.75) is 38.5 Å². The molecule has 0 fully saturated rings. The molecule has 0 aliphatic heterocycles. The molecule has 70 valence electrons. The Hall–Kier alpha value is -1.05. The SMILES string of the molecule is O=C(OC1=CCC1)C1=CCCCC1. The predicted molar refractivity (Wildman–Crippen MR) is 50.0 cm³/mol. The number of hydrogen-bond donors (Lipinski definition) is 0. The second kappa shape index (κ2) is 3.77. The Morgan fingerprint density at radius 1 is 1.15 bits per heavy atom. The quantitative estimate of drug-likeness (QED) is 0.608. The lowest BCUT2D eigenvalue weighted by Crippen LogP contribution is -2.12. The van der Waals surface area contributed by atoms with Crippen LogP contribution in [0.25, 0.3) is 0 Å². The van der Waals surface area contributed by atoms with Gasteiger partial charge in [0.05, 0.1) is 0 Å². The summed E-state index contributed by atoms with van der Waals surface area (Å²) < 4.78 is 5.18. The van der Waals surface area contributed by atoms with E-state index in [0.29, 0.717) is 0 Å². The normalized spacial score (nSPS) is 21.2. The van der Waals surface area contributed by atoms with Crippen LogP contribution in [0.1, 0.15) is 38.5 Å². The van der Waals surface area contributed by atoms with Crippen molar-refractivity contribution in [1.82, 2.24) is 0 Å². The number of hydrogen-bond acceptors (Lipinski definition) is 2. The number of esters is 1. The van der Waals surface area contributed by atoms with Crippen LogP contribution in [0, 0.1) is 0 Å². The smallest absolute Gasteiger partial charge is 0.338 e. The van der Waals surface area contributed by atoms with Gasteiger partial charge < -0.3 is 4.74 Å². The summed E-state index contributed by atoms with van der Waals surface area (Å²) in [7, 11) is 0. The summed E-state index contributed by atoms with van der Waals surface area (Å²) >= 11 is 0. The van der Waals surface area contributed by atoms with E-state index in [9.17, 15) is 4.79 Å². The van der Waals surface area contributed by atoms with Crippen molar-refractivity contribution < 1.29 is 9.53 Å². The lowest BCUT2D eigenvalue weighted by Gasteiger charge is -2.16. The van der Waals surface area contributed by atoms with Crippen LogP contribution < -0.4 is 0 Å². The van der Waals surface area contributed by atoms with E-state index in [1.54, 1.807) is 0 Å². The van der Waals surface area contributed by atoms with Gasteiger partial charge in [0.15, 0.2) is 0 Å². The first-order chi connectivity index (χ1) is 6.36. The van der Waals surface area contributed by atoms with Crippen molar-refractivity contribution in [2.75, 3.05) is 0 Å². The minimum absolute atomic E-state index is 0.120. The van der Waals surface area contributed by atoms with Crippen LogP contribution in [0.3, 0.4) is 0 Å². The number of carbonyl (C=O) groups is 1. The maximum atomic E-state index is 11.5. The van der Waals surface area contributed by atoms with Crippen LogP contribution in [-0.2, 0) is 9.53 Å². The molecule has 2 heteroatoms. The van der Waals surface area contributed by atoms with Crippen molar-refractivity contribution in [2.24, 2.45) is 0 Å². The first kappa shape index (κ1) is 8.54. The predicted octanol–water partition coefficient (Wildman–Crippen LogP) is 2.71. The Labute approximate surface area is 78.3 Å². The molecule has 0 amide bonds. The van der Waals surface area contributed by atoms with Crippen LogP contribution in [0.15, 0.2) is 23.5 Å². The Morgan fingerprint density at radius 3 is 2.54 bits per heavy atom. The summed E-state index contributed by atoms with van der Waals surface area (Å²) in [5.41, 5.74) is 0.874. The summed E-state index contributed by atoms with van der Waals surface area (Å²) in [6, 6.07) is 0. The van der Waals surface area contributed by atoms with Gasteiger partial charge in [-0.15, -0.1) is 0 Å². The third-order valence-corrected chi connectivity index (χ3v) is 2.54. The standard InChI is InChI=1S/C11H14O2/c12-11(13-10-7-4-8-10)9-5-2-1-3-6-9/h5,7H,1-4,6,8H2. The number of rotatable bonds is 2. The first-order valence-electron chi connectivity index (χ1n) is 4.96. The molecule has 2 nitrogen and oxygen atoms in total. The third kappa shape index (κ3) is 2.00. The van der Waals surface area contributed by atoms with E-state index in [0.717, 1.165) is 43.4 Å². The molecule has 0 aromatic carbocycles. The molecule has 0 unspecified atom stereocenters. The minimum Gasteiger partial charge on any atom is -0.428 e. The zero-order chi connectivity index (χ0) is 9.10. The topological polar surface area (TPSA) is 26.3 Å². The molecule has 0 aromatic heterocycles. The summed E-state index contributed by atoms with van der Waals surface area (Å²) in [6.45, 7) is 0. The second-order valence-electron chi connectivity index (χ2n) is 3.57. The van der Waals surface area contributed by atoms with Gasteiger partial charge in [0.1, 0.15) is 5.76 Å². The van der Waals surface area contributed by atoms with Crippen LogP contribution in [0.4, 0.5) is 0 Å². The molecule has 2 rings (SSSR count). The van der Waals surface area contributed by atoms with Crippen molar-refractivity contribution in [3.05, 3.63) is 23.5 Å². The van der Waals surface area contributed by atoms with Crippen molar-refractivity contribution >= 4 is 5.97 Å².